The minimum atomic E-state index is -0.587. The van der Waals surface area contributed by atoms with E-state index in [1.165, 1.54) is 30.6 Å². The zero-order valence-corrected chi connectivity index (χ0v) is 19.6. The maximum absolute atomic E-state index is 14.0. The second kappa shape index (κ2) is 10.8. The molecule has 2 aromatic carbocycles. The van der Waals surface area contributed by atoms with Crippen LogP contribution in [-0.2, 0) is 17.8 Å². The number of aryl methyl sites for hydroxylation is 1. The second-order valence-electron chi connectivity index (χ2n) is 6.41. The number of aromatic nitrogens is 2. The van der Waals surface area contributed by atoms with Gasteiger partial charge in [-0.15, -0.1) is 10.2 Å². The van der Waals surface area contributed by atoms with Crippen LogP contribution >= 0.6 is 27.3 Å². The highest BCUT2D eigenvalue weighted by Crippen LogP contribution is 2.30. The van der Waals surface area contributed by atoms with E-state index < -0.39 is 5.91 Å². The zero-order valence-electron chi connectivity index (χ0n) is 17.2. The van der Waals surface area contributed by atoms with Crippen LogP contribution in [-0.4, -0.2) is 23.2 Å². The van der Waals surface area contributed by atoms with Crippen molar-refractivity contribution in [3.8, 4) is 17.6 Å². The highest BCUT2D eigenvalue weighted by molar-refractivity contribution is 9.10. The SMILES string of the molecule is CCc1nnc(NC(=O)C(C#N)=Cc2ccc(OCc3ccc(Br)cc3F)c(OC)c2)s1. The van der Waals surface area contributed by atoms with Crippen molar-refractivity contribution in [3.63, 3.8) is 0 Å². The van der Waals surface area contributed by atoms with E-state index in [0.29, 0.717) is 38.7 Å². The Labute approximate surface area is 196 Å². The molecule has 7 nitrogen and oxygen atoms in total. The van der Waals surface area contributed by atoms with E-state index in [4.69, 9.17) is 9.47 Å². The van der Waals surface area contributed by atoms with Crippen LogP contribution in [0, 0.1) is 17.1 Å². The summed E-state index contributed by atoms with van der Waals surface area (Å²) in [5, 5.41) is 20.9. The van der Waals surface area contributed by atoms with Crippen molar-refractivity contribution in [2.45, 2.75) is 20.0 Å². The first-order chi connectivity index (χ1) is 15.4. The van der Waals surface area contributed by atoms with Crippen molar-refractivity contribution < 1.29 is 18.7 Å². The van der Waals surface area contributed by atoms with Gasteiger partial charge in [0.05, 0.1) is 7.11 Å². The van der Waals surface area contributed by atoms with Crippen LogP contribution in [0.3, 0.4) is 0 Å². The minimum absolute atomic E-state index is 0.0120. The summed E-state index contributed by atoms with van der Waals surface area (Å²) in [6.45, 7) is 1.95. The predicted octanol–water partition coefficient (Wildman–Crippen LogP) is 5.14. The molecule has 10 heteroatoms. The molecular weight excluding hydrogens is 499 g/mol. The Bertz CT molecular complexity index is 1210. The van der Waals surface area contributed by atoms with Crippen LogP contribution in [0.5, 0.6) is 11.5 Å². The third-order valence-corrected chi connectivity index (χ3v) is 5.73. The van der Waals surface area contributed by atoms with Crippen molar-refractivity contribution in [2.75, 3.05) is 12.4 Å². The monoisotopic (exact) mass is 516 g/mol. The number of carbonyl (C=O) groups is 1. The van der Waals surface area contributed by atoms with Crippen LogP contribution in [0.2, 0.25) is 0 Å². The average molecular weight is 517 g/mol. The van der Waals surface area contributed by atoms with Crippen LogP contribution in [0.4, 0.5) is 9.52 Å². The first kappa shape index (κ1) is 23.4. The van der Waals surface area contributed by atoms with Gasteiger partial charge in [-0.05, 0) is 42.3 Å². The summed E-state index contributed by atoms with van der Waals surface area (Å²) >= 11 is 4.47. The fourth-order valence-corrected chi connectivity index (χ4v) is 3.62. The van der Waals surface area contributed by atoms with Gasteiger partial charge in [0, 0.05) is 10.0 Å². The third kappa shape index (κ3) is 5.90. The molecule has 0 saturated carbocycles. The number of benzene rings is 2. The molecule has 3 aromatic rings. The Morgan fingerprint density at radius 3 is 2.75 bits per heavy atom. The van der Waals surface area contributed by atoms with Crippen molar-refractivity contribution in [1.29, 1.82) is 5.26 Å². The number of methoxy groups -OCH3 is 1. The molecule has 3 rings (SSSR count). The Balaban J connectivity index is 1.74. The lowest BCUT2D eigenvalue weighted by molar-refractivity contribution is -0.112. The number of nitrogens with one attached hydrogen (secondary N) is 1. The third-order valence-electron chi connectivity index (χ3n) is 4.25. The van der Waals surface area contributed by atoms with E-state index in [1.807, 2.05) is 13.0 Å². The maximum Gasteiger partial charge on any atom is 0.268 e. The van der Waals surface area contributed by atoms with Gasteiger partial charge in [-0.1, -0.05) is 46.3 Å². The number of rotatable bonds is 8. The maximum atomic E-state index is 14.0. The molecule has 0 aliphatic carbocycles. The molecule has 164 valence electrons. The van der Waals surface area contributed by atoms with Crippen LogP contribution in [0.15, 0.2) is 46.4 Å². The second-order valence-corrected chi connectivity index (χ2v) is 8.39. The number of ether oxygens (including phenoxy) is 2. The fourth-order valence-electron chi connectivity index (χ4n) is 2.61. The van der Waals surface area contributed by atoms with E-state index in [9.17, 15) is 14.4 Å². The lowest BCUT2D eigenvalue weighted by Gasteiger charge is -2.12. The molecular formula is C22H18BrFN4O3S. The van der Waals surface area contributed by atoms with Gasteiger partial charge < -0.3 is 9.47 Å². The Hall–Kier alpha value is -3.29. The summed E-state index contributed by atoms with van der Waals surface area (Å²) in [5.41, 5.74) is 0.846. The fraction of sp³-hybridized carbons (Fsp3) is 0.182. The molecule has 0 fully saturated rings. The number of hydrogen-bond donors (Lipinski definition) is 1. The minimum Gasteiger partial charge on any atom is -0.493 e. The number of nitriles is 1. The molecule has 0 atom stereocenters. The Morgan fingerprint density at radius 2 is 2.09 bits per heavy atom. The number of nitrogens with zero attached hydrogens (tertiary/aromatic N) is 3. The first-order valence-electron chi connectivity index (χ1n) is 9.43. The summed E-state index contributed by atoms with van der Waals surface area (Å²) in [6.07, 6.45) is 2.13. The van der Waals surface area contributed by atoms with Gasteiger partial charge in [0.1, 0.15) is 29.1 Å². The molecule has 0 unspecified atom stereocenters. The standard InChI is InChI=1S/C22H18BrFN4O3S/c1-3-20-27-28-22(32-20)26-21(29)15(11-25)8-13-4-7-18(19(9-13)30-2)31-12-14-5-6-16(23)10-17(14)24/h4-10H,3,12H2,1-2H3,(H,26,28,29). The molecule has 0 aliphatic heterocycles. The van der Waals surface area contributed by atoms with Crippen LogP contribution < -0.4 is 14.8 Å². The molecule has 1 aromatic heterocycles. The summed E-state index contributed by atoms with van der Waals surface area (Å²) < 4.78 is 25.7. The molecule has 0 bridgehead atoms. The van der Waals surface area contributed by atoms with Gasteiger partial charge in [0.25, 0.3) is 5.91 Å². The predicted molar refractivity (Wildman–Crippen MR) is 123 cm³/mol. The van der Waals surface area contributed by atoms with Gasteiger partial charge in [0.15, 0.2) is 11.5 Å². The highest BCUT2D eigenvalue weighted by Gasteiger charge is 2.14. The van der Waals surface area contributed by atoms with Crippen molar-refractivity contribution >= 4 is 44.4 Å². The highest BCUT2D eigenvalue weighted by atomic mass is 79.9. The summed E-state index contributed by atoms with van der Waals surface area (Å²) in [7, 11) is 1.47. The summed E-state index contributed by atoms with van der Waals surface area (Å²) in [5.74, 6) is -0.193. The van der Waals surface area contributed by atoms with Crippen molar-refractivity contribution in [1.82, 2.24) is 10.2 Å². The number of halogens is 2. The van der Waals surface area contributed by atoms with Crippen molar-refractivity contribution in [3.05, 3.63) is 68.4 Å². The van der Waals surface area contributed by atoms with E-state index in [0.717, 1.165) is 5.01 Å². The number of carbonyl (C=O) groups excluding carboxylic acids is 1. The quantitative estimate of drug-likeness (QED) is 0.329. The first-order valence-corrected chi connectivity index (χ1v) is 11.0. The van der Waals surface area contributed by atoms with Gasteiger partial charge in [0.2, 0.25) is 5.13 Å². The molecule has 1 heterocycles. The molecule has 0 spiro atoms. The van der Waals surface area contributed by atoms with E-state index >= 15 is 0 Å². The molecule has 0 saturated heterocycles. The molecule has 0 radical (unpaired) electrons. The Morgan fingerprint density at radius 1 is 1.28 bits per heavy atom. The number of amides is 1. The lowest BCUT2D eigenvalue weighted by atomic mass is 10.1. The molecule has 0 aliphatic rings. The largest absolute Gasteiger partial charge is 0.493 e. The Kier molecular flexibility index (Phi) is 7.92. The smallest absolute Gasteiger partial charge is 0.268 e. The molecule has 32 heavy (non-hydrogen) atoms. The van der Waals surface area contributed by atoms with Gasteiger partial charge in [-0.25, -0.2) is 4.39 Å². The van der Waals surface area contributed by atoms with Crippen molar-refractivity contribution in [2.24, 2.45) is 0 Å². The van der Waals surface area contributed by atoms with Crippen LogP contribution in [0.1, 0.15) is 23.1 Å². The normalized spacial score (nSPS) is 11.0. The lowest BCUT2D eigenvalue weighted by Crippen LogP contribution is -2.13. The van der Waals surface area contributed by atoms with Crippen LogP contribution in [0.25, 0.3) is 6.08 Å². The zero-order chi connectivity index (χ0) is 23.1. The van der Waals surface area contributed by atoms with Gasteiger partial charge in [-0.2, -0.15) is 5.26 Å². The number of anilines is 1. The molecule has 1 N–H and O–H groups in total. The van der Waals surface area contributed by atoms with Gasteiger partial charge in [-0.3, -0.25) is 10.1 Å². The van der Waals surface area contributed by atoms with E-state index in [2.05, 4.69) is 31.4 Å². The average Bonchev–Trinajstić information content (AvgIpc) is 3.24. The van der Waals surface area contributed by atoms with E-state index in [1.54, 1.807) is 30.3 Å². The number of hydrogen-bond acceptors (Lipinski definition) is 7. The summed E-state index contributed by atoms with van der Waals surface area (Å²) in [6, 6.07) is 11.5. The molecule has 1 amide bonds. The summed E-state index contributed by atoms with van der Waals surface area (Å²) in [4.78, 5) is 12.4. The van der Waals surface area contributed by atoms with Gasteiger partial charge >= 0.3 is 0 Å². The van der Waals surface area contributed by atoms with E-state index in [-0.39, 0.29) is 18.0 Å². The topological polar surface area (TPSA) is 97.1 Å².